The molecule has 2 rings (SSSR count). The minimum absolute atomic E-state index is 0.0944. The molecule has 1 aliphatic rings. The topological polar surface area (TPSA) is 89.0 Å². The summed E-state index contributed by atoms with van der Waals surface area (Å²) in [4.78, 5) is 14.9. The van der Waals surface area contributed by atoms with E-state index in [4.69, 9.17) is 4.74 Å². The molecule has 1 fully saturated rings. The molecule has 0 spiro atoms. The molecule has 1 saturated heterocycles. The van der Waals surface area contributed by atoms with Crippen LogP contribution in [-0.4, -0.2) is 23.1 Å². The number of nitro groups is 1. The molecule has 0 bridgehead atoms. The lowest BCUT2D eigenvalue weighted by Crippen LogP contribution is -2.23. The van der Waals surface area contributed by atoms with E-state index in [1.165, 1.54) is 6.20 Å². The first-order chi connectivity index (χ1) is 8.99. The first-order valence-corrected chi connectivity index (χ1v) is 6.07. The highest BCUT2D eigenvalue weighted by atomic mass is 16.6. The zero-order valence-corrected chi connectivity index (χ0v) is 11.0. The molecule has 0 radical (unpaired) electrons. The van der Waals surface area contributed by atoms with Crippen LogP contribution in [0.25, 0.3) is 0 Å². The molecule has 1 aromatic rings. The molecule has 0 saturated carbocycles. The van der Waals surface area contributed by atoms with Gasteiger partial charge in [-0.1, -0.05) is 0 Å². The van der Waals surface area contributed by atoms with E-state index < -0.39 is 5.41 Å². The Labute approximate surface area is 111 Å². The molecule has 0 amide bonds. The number of aromatic nitrogens is 1. The van der Waals surface area contributed by atoms with Crippen molar-refractivity contribution in [1.29, 1.82) is 5.26 Å². The summed E-state index contributed by atoms with van der Waals surface area (Å²) in [7, 11) is 0. The number of nitrogens with zero attached hydrogens (tertiary/aromatic N) is 3. The zero-order valence-electron chi connectivity index (χ0n) is 11.0. The van der Waals surface area contributed by atoms with Gasteiger partial charge in [-0.15, -0.1) is 0 Å². The molecule has 19 heavy (non-hydrogen) atoms. The van der Waals surface area contributed by atoms with Crippen LogP contribution in [0.5, 0.6) is 0 Å². The molecule has 1 aliphatic heterocycles. The van der Waals surface area contributed by atoms with Crippen molar-refractivity contribution >= 4 is 5.69 Å². The van der Waals surface area contributed by atoms with E-state index in [9.17, 15) is 15.4 Å². The average molecular weight is 261 g/mol. The van der Waals surface area contributed by atoms with E-state index >= 15 is 0 Å². The van der Waals surface area contributed by atoms with Gasteiger partial charge in [0.15, 0.2) is 0 Å². The highest BCUT2D eigenvalue weighted by molar-refractivity contribution is 5.47. The van der Waals surface area contributed by atoms with Crippen LogP contribution in [0.4, 0.5) is 5.69 Å². The van der Waals surface area contributed by atoms with E-state index in [0.29, 0.717) is 42.9 Å². The number of rotatable bonds is 3. The molecule has 6 heteroatoms. The second-order valence-corrected chi connectivity index (χ2v) is 4.99. The quantitative estimate of drug-likeness (QED) is 0.613. The van der Waals surface area contributed by atoms with E-state index in [1.54, 1.807) is 13.8 Å². The lowest BCUT2D eigenvalue weighted by atomic mass is 9.83. The van der Waals surface area contributed by atoms with Gasteiger partial charge in [-0.05, 0) is 20.3 Å². The second kappa shape index (κ2) is 4.94. The second-order valence-electron chi connectivity index (χ2n) is 4.99. The first-order valence-electron chi connectivity index (χ1n) is 6.07. The van der Waals surface area contributed by atoms with Gasteiger partial charge in [0.05, 0.1) is 28.7 Å². The Morgan fingerprint density at radius 1 is 1.63 bits per heavy atom. The van der Waals surface area contributed by atoms with Crippen LogP contribution in [0, 0.1) is 40.7 Å². The predicted octanol–water partition coefficient (Wildman–Crippen LogP) is 2.08. The molecule has 100 valence electrons. The number of hydrogen-bond acceptors (Lipinski definition) is 5. The van der Waals surface area contributed by atoms with Crippen molar-refractivity contribution in [2.45, 2.75) is 26.7 Å². The summed E-state index contributed by atoms with van der Waals surface area (Å²) in [6, 6.07) is 2.28. The fourth-order valence-electron chi connectivity index (χ4n) is 2.42. The summed E-state index contributed by atoms with van der Waals surface area (Å²) in [5.41, 5.74) is 1.20. The Morgan fingerprint density at radius 3 is 2.89 bits per heavy atom. The molecule has 0 aromatic carbocycles. The number of hydrogen-bond donors (Lipinski definition) is 0. The summed E-state index contributed by atoms with van der Waals surface area (Å²) in [5, 5.41) is 20.4. The largest absolute Gasteiger partial charge is 0.380 e. The van der Waals surface area contributed by atoms with E-state index in [0.717, 1.165) is 0 Å². The minimum atomic E-state index is -0.596. The molecule has 6 nitrogen and oxygen atoms in total. The zero-order chi connectivity index (χ0) is 14.0. The maximum absolute atomic E-state index is 11.1. The van der Waals surface area contributed by atoms with E-state index in [-0.39, 0.29) is 10.6 Å². The predicted molar refractivity (Wildman–Crippen MR) is 67.6 cm³/mol. The van der Waals surface area contributed by atoms with Crippen molar-refractivity contribution in [1.82, 2.24) is 4.98 Å². The fourth-order valence-corrected chi connectivity index (χ4v) is 2.42. The van der Waals surface area contributed by atoms with Gasteiger partial charge in [0.1, 0.15) is 0 Å². The molecule has 0 aliphatic carbocycles. The van der Waals surface area contributed by atoms with Crippen molar-refractivity contribution in [2.75, 3.05) is 13.2 Å². The summed E-state index contributed by atoms with van der Waals surface area (Å²) < 4.78 is 5.28. The van der Waals surface area contributed by atoms with Crippen LogP contribution in [-0.2, 0) is 11.2 Å². The Balaban J connectivity index is 2.39. The minimum Gasteiger partial charge on any atom is -0.380 e. The van der Waals surface area contributed by atoms with Crippen LogP contribution in [0.15, 0.2) is 6.20 Å². The number of ether oxygens (including phenoxy) is 1. The third-order valence-corrected chi connectivity index (χ3v) is 3.60. The molecule has 2 heterocycles. The molecule has 0 N–H and O–H groups in total. The SMILES string of the molecule is Cc1cnc(CC2(C#N)CCOC2)c(C)c1[N+](=O)[O-]. The lowest BCUT2D eigenvalue weighted by molar-refractivity contribution is -0.386. The van der Waals surface area contributed by atoms with Crippen LogP contribution in [0.3, 0.4) is 0 Å². The third-order valence-electron chi connectivity index (χ3n) is 3.60. The molecule has 1 atom stereocenters. The molecular weight excluding hydrogens is 246 g/mol. The van der Waals surface area contributed by atoms with Gasteiger partial charge in [-0.3, -0.25) is 15.1 Å². The monoisotopic (exact) mass is 261 g/mol. The lowest BCUT2D eigenvalue weighted by Gasteiger charge is -2.18. The molecule has 1 unspecified atom stereocenters. The number of aryl methyl sites for hydroxylation is 1. The van der Waals surface area contributed by atoms with Crippen molar-refractivity contribution in [3.05, 3.63) is 33.1 Å². The van der Waals surface area contributed by atoms with E-state index in [2.05, 4.69) is 11.1 Å². The van der Waals surface area contributed by atoms with Gasteiger partial charge in [-0.2, -0.15) is 5.26 Å². The molecule has 1 aromatic heterocycles. The van der Waals surface area contributed by atoms with Gasteiger partial charge in [0.25, 0.3) is 5.69 Å². The summed E-state index contributed by atoms with van der Waals surface area (Å²) >= 11 is 0. The normalized spacial score (nSPS) is 22.2. The number of pyridine rings is 1. The maximum atomic E-state index is 11.1. The molecular formula is C13H15N3O3. The Hall–Kier alpha value is -2.00. The van der Waals surface area contributed by atoms with Gasteiger partial charge in [-0.25, -0.2) is 0 Å². The summed E-state index contributed by atoms with van der Waals surface area (Å²) in [6.07, 6.45) is 2.55. The highest BCUT2D eigenvalue weighted by Crippen LogP contribution is 2.34. The average Bonchev–Trinajstić information content (AvgIpc) is 2.82. The van der Waals surface area contributed by atoms with Gasteiger partial charge in [0.2, 0.25) is 0 Å². The van der Waals surface area contributed by atoms with Crippen molar-refractivity contribution in [3.63, 3.8) is 0 Å². The fraction of sp³-hybridized carbons (Fsp3) is 0.538. The Morgan fingerprint density at radius 2 is 2.37 bits per heavy atom. The van der Waals surface area contributed by atoms with Crippen molar-refractivity contribution < 1.29 is 9.66 Å². The summed E-state index contributed by atoms with van der Waals surface area (Å²) in [6.45, 7) is 4.28. The van der Waals surface area contributed by atoms with Crippen LogP contribution in [0.2, 0.25) is 0 Å². The first kappa shape index (κ1) is 13.4. The van der Waals surface area contributed by atoms with Crippen molar-refractivity contribution in [3.8, 4) is 6.07 Å². The van der Waals surface area contributed by atoms with Crippen molar-refractivity contribution in [2.24, 2.45) is 5.41 Å². The van der Waals surface area contributed by atoms with Gasteiger partial charge >= 0.3 is 0 Å². The van der Waals surface area contributed by atoms with Crippen LogP contribution in [0.1, 0.15) is 23.2 Å². The highest BCUT2D eigenvalue weighted by Gasteiger charge is 2.37. The van der Waals surface area contributed by atoms with E-state index in [1.807, 2.05) is 0 Å². The smallest absolute Gasteiger partial charge is 0.278 e. The summed E-state index contributed by atoms with van der Waals surface area (Å²) in [5.74, 6) is 0. The number of nitriles is 1. The Bertz CT molecular complexity index is 557. The maximum Gasteiger partial charge on any atom is 0.278 e. The Kier molecular flexibility index (Phi) is 3.49. The van der Waals surface area contributed by atoms with Gasteiger partial charge in [0, 0.05) is 30.4 Å². The van der Waals surface area contributed by atoms with Crippen LogP contribution >= 0.6 is 0 Å². The van der Waals surface area contributed by atoms with Crippen LogP contribution < -0.4 is 0 Å². The van der Waals surface area contributed by atoms with Gasteiger partial charge < -0.3 is 4.74 Å². The third kappa shape index (κ3) is 2.42. The standard InChI is InChI=1S/C13H15N3O3/c1-9-6-15-11(10(2)12(9)16(17)18)5-13(7-14)3-4-19-8-13/h6H,3-5,8H2,1-2H3.